The standard InChI is InChI=1S/C35H43N9O3/c1-19(2)38-32(46)24-8-10-28-22(12-24)6-7-23-13-25(33(47)39-20(3)4)9-11-29(23)35(28,34-40-42-43-41-34)16-21(5)37-18-31(45)44-27(17-36)14-26-15-30(26)44/h8-13,19-21,26-27,30,37H,6-7,14-16,18H2,1-5H3,(H,38,46)(H,39,47)(H,40,41,42,43)/t21-,26-,27+,30+/m1/s1. The van der Waals surface area contributed by atoms with Gasteiger partial charge in [-0.3, -0.25) is 14.4 Å². The molecular formula is C35H43N9O3. The zero-order valence-electron chi connectivity index (χ0n) is 27.6. The van der Waals surface area contributed by atoms with Crippen LogP contribution in [0.5, 0.6) is 0 Å². The number of tetrazole rings is 1. The molecule has 4 atom stereocenters. The Morgan fingerprint density at radius 1 is 0.957 bits per heavy atom. The highest BCUT2D eigenvalue weighted by molar-refractivity contribution is 5.95. The lowest BCUT2D eigenvalue weighted by Gasteiger charge is -2.37. The summed E-state index contributed by atoms with van der Waals surface area (Å²) >= 11 is 0. The van der Waals surface area contributed by atoms with Crippen LogP contribution < -0.4 is 16.0 Å². The fraction of sp³-hybridized carbons (Fsp3) is 0.514. The van der Waals surface area contributed by atoms with E-state index in [-0.39, 0.29) is 54.5 Å². The first-order chi connectivity index (χ1) is 22.5. The Bertz CT molecular complexity index is 1640. The average molecular weight is 638 g/mol. The van der Waals surface area contributed by atoms with E-state index < -0.39 is 5.41 Å². The summed E-state index contributed by atoms with van der Waals surface area (Å²) < 4.78 is 0. The molecule has 12 nitrogen and oxygen atoms in total. The Balaban J connectivity index is 1.40. The van der Waals surface area contributed by atoms with Crippen molar-refractivity contribution < 1.29 is 14.4 Å². The number of nitrogens with zero attached hydrogens (tertiary/aromatic N) is 5. The third-order valence-electron chi connectivity index (χ3n) is 9.66. The summed E-state index contributed by atoms with van der Waals surface area (Å²) in [5, 5.41) is 34.5. The third kappa shape index (κ3) is 6.24. The quantitative estimate of drug-likeness (QED) is 0.263. The summed E-state index contributed by atoms with van der Waals surface area (Å²) in [7, 11) is 0. The molecule has 1 saturated heterocycles. The summed E-state index contributed by atoms with van der Waals surface area (Å²) in [6, 6.07) is 13.5. The maximum absolute atomic E-state index is 13.4. The van der Waals surface area contributed by atoms with Gasteiger partial charge in [0, 0.05) is 35.3 Å². The second kappa shape index (κ2) is 12.9. The van der Waals surface area contributed by atoms with Crippen molar-refractivity contribution in [1.29, 1.82) is 5.26 Å². The maximum Gasteiger partial charge on any atom is 0.251 e. The number of hydrogen-bond donors (Lipinski definition) is 4. The number of nitriles is 1. The molecular weight excluding hydrogens is 594 g/mol. The van der Waals surface area contributed by atoms with Gasteiger partial charge in [0.25, 0.3) is 11.8 Å². The molecule has 0 spiro atoms. The summed E-state index contributed by atoms with van der Waals surface area (Å²) in [5.41, 5.74) is 4.12. The number of aromatic nitrogens is 4. The SMILES string of the molecule is CC(C)NC(=O)c1ccc2c(c1)CCc1cc(C(=O)NC(C)C)ccc1C2(C[C@@H](C)NCC(=O)N1[C@H](C#N)C[C@@H]2C[C@@H]21)c1nnn[nH]1. The number of carbonyl (C=O) groups excluding carboxylic acids is 3. The lowest BCUT2D eigenvalue weighted by molar-refractivity contribution is -0.131. The molecule has 1 saturated carbocycles. The molecule has 246 valence electrons. The predicted molar refractivity (Wildman–Crippen MR) is 174 cm³/mol. The molecule has 3 aromatic rings. The van der Waals surface area contributed by atoms with E-state index >= 15 is 0 Å². The molecule has 12 heteroatoms. The highest BCUT2D eigenvalue weighted by Gasteiger charge is 2.54. The monoisotopic (exact) mass is 637 g/mol. The van der Waals surface area contributed by atoms with Crippen molar-refractivity contribution in [3.63, 3.8) is 0 Å². The van der Waals surface area contributed by atoms with E-state index in [4.69, 9.17) is 0 Å². The zero-order chi connectivity index (χ0) is 33.5. The van der Waals surface area contributed by atoms with Crippen LogP contribution in [0.3, 0.4) is 0 Å². The van der Waals surface area contributed by atoms with Gasteiger partial charge in [-0.25, -0.2) is 5.10 Å². The lowest BCUT2D eigenvalue weighted by atomic mass is 9.67. The van der Waals surface area contributed by atoms with Crippen molar-refractivity contribution in [3.8, 4) is 6.07 Å². The molecule has 1 aromatic heterocycles. The fourth-order valence-corrected chi connectivity index (χ4v) is 7.55. The van der Waals surface area contributed by atoms with E-state index in [1.165, 1.54) is 0 Å². The Hall–Kier alpha value is -4.63. The van der Waals surface area contributed by atoms with Crippen LogP contribution in [0, 0.1) is 17.2 Å². The molecule has 2 aromatic carbocycles. The number of fused-ring (bicyclic) bond motifs is 3. The number of rotatable bonds is 10. The Morgan fingerprint density at radius 3 is 2.06 bits per heavy atom. The maximum atomic E-state index is 13.4. The van der Waals surface area contributed by atoms with Crippen LogP contribution in [-0.4, -0.2) is 80.0 Å². The van der Waals surface area contributed by atoms with Gasteiger partial charge in [0.2, 0.25) is 5.91 Å². The van der Waals surface area contributed by atoms with Gasteiger partial charge in [0.05, 0.1) is 18.0 Å². The summed E-state index contributed by atoms with van der Waals surface area (Å²) in [6.07, 6.45) is 3.48. The summed E-state index contributed by atoms with van der Waals surface area (Å²) in [4.78, 5) is 41.3. The number of aryl methyl sites for hydroxylation is 2. The normalized spacial score (nSPS) is 21.2. The second-order valence-electron chi connectivity index (χ2n) is 13.9. The van der Waals surface area contributed by atoms with Crippen LogP contribution in [0.1, 0.15) is 103 Å². The minimum Gasteiger partial charge on any atom is -0.350 e. The van der Waals surface area contributed by atoms with Crippen LogP contribution >= 0.6 is 0 Å². The van der Waals surface area contributed by atoms with Crippen molar-refractivity contribution in [1.82, 2.24) is 41.5 Å². The molecule has 0 radical (unpaired) electrons. The van der Waals surface area contributed by atoms with E-state index in [2.05, 4.69) is 42.6 Å². The fourth-order valence-electron chi connectivity index (χ4n) is 7.55. The van der Waals surface area contributed by atoms with Gasteiger partial charge in [-0.1, -0.05) is 12.1 Å². The van der Waals surface area contributed by atoms with E-state index in [1.54, 1.807) is 4.90 Å². The van der Waals surface area contributed by atoms with Gasteiger partial charge < -0.3 is 20.9 Å². The van der Waals surface area contributed by atoms with Gasteiger partial charge in [0.15, 0.2) is 5.82 Å². The smallest absolute Gasteiger partial charge is 0.251 e. The first-order valence-electron chi connectivity index (χ1n) is 16.6. The molecule has 1 aliphatic heterocycles. The number of amides is 3. The van der Waals surface area contributed by atoms with Crippen molar-refractivity contribution in [2.75, 3.05) is 6.54 Å². The first-order valence-corrected chi connectivity index (χ1v) is 16.6. The molecule has 3 amide bonds. The number of nitrogens with one attached hydrogen (secondary N) is 4. The molecule has 0 unspecified atom stereocenters. The molecule has 2 aliphatic carbocycles. The van der Waals surface area contributed by atoms with Gasteiger partial charge in [0.1, 0.15) is 6.04 Å². The second-order valence-corrected chi connectivity index (χ2v) is 13.9. The minimum absolute atomic E-state index is 0.00948. The number of aromatic amines is 1. The Morgan fingerprint density at radius 2 is 1.55 bits per heavy atom. The Labute approximate surface area is 275 Å². The van der Waals surface area contributed by atoms with Crippen LogP contribution in [0.4, 0.5) is 0 Å². The third-order valence-corrected chi connectivity index (χ3v) is 9.66. The van der Waals surface area contributed by atoms with Gasteiger partial charge in [-0.2, -0.15) is 5.26 Å². The van der Waals surface area contributed by atoms with E-state index in [9.17, 15) is 19.6 Å². The molecule has 47 heavy (non-hydrogen) atoms. The lowest BCUT2D eigenvalue weighted by Crippen LogP contribution is -2.46. The highest BCUT2D eigenvalue weighted by atomic mass is 16.2. The Kier molecular flexibility index (Phi) is 8.85. The molecule has 4 N–H and O–H groups in total. The van der Waals surface area contributed by atoms with Crippen molar-refractivity contribution >= 4 is 17.7 Å². The molecule has 3 aliphatic rings. The van der Waals surface area contributed by atoms with Crippen LogP contribution in [0.15, 0.2) is 36.4 Å². The average Bonchev–Trinajstić information content (AvgIpc) is 3.41. The van der Waals surface area contributed by atoms with Crippen molar-refractivity contribution in [2.24, 2.45) is 5.92 Å². The number of H-pyrrole nitrogens is 1. The number of carbonyl (C=O) groups is 3. The van der Waals surface area contributed by atoms with E-state index in [0.717, 1.165) is 35.1 Å². The summed E-state index contributed by atoms with van der Waals surface area (Å²) in [5.74, 6) is 0.626. The first kappa shape index (κ1) is 32.3. The number of hydrogen-bond acceptors (Lipinski definition) is 8. The largest absolute Gasteiger partial charge is 0.350 e. The molecule has 2 fully saturated rings. The van der Waals surface area contributed by atoms with E-state index in [0.29, 0.717) is 42.1 Å². The van der Waals surface area contributed by atoms with Crippen LogP contribution in [0.2, 0.25) is 0 Å². The predicted octanol–water partition coefficient (Wildman–Crippen LogP) is 2.79. The van der Waals surface area contributed by atoms with Crippen LogP contribution in [0.25, 0.3) is 0 Å². The molecule has 6 rings (SSSR count). The number of likely N-dealkylation sites (tertiary alicyclic amines) is 1. The van der Waals surface area contributed by atoms with E-state index in [1.807, 2.05) is 71.0 Å². The van der Waals surface area contributed by atoms with Crippen molar-refractivity contribution in [3.05, 3.63) is 75.6 Å². The van der Waals surface area contributed by atoms with Gasteiger partial charge >= 0.3 is 0 Å². The number of benzene rings is 2. The highest BCUT2D eigenvalue weighted by Crippen LogP contribution is 2.48. The summed E-state index contributed by atoms with van der Waals surface area (Å²) in [6.45, 7) is 9.86. The van der Waals surface area contributed by atoms with Gasteiger partial charge in [-0.05, 0) is 130 Å². The minimum atomic E-state index is -0.898. The molecule has 2 heterocycles. The number of piperidine rings is 1. The van der Waals surface area contributed by atoms with Gasteiger partial charge in [-0.15, -0.1) is 5.10 Å². The van der Waals surface area contributed by atoms with Crippen LogP contribution in [-0.2, 0) is 23.1 Å². The zero-order valence-corrected chi connectivity index (χ0v) is 27.6. The topological polar surface area (TPSA) is 169 Å². The molecule has 0 bridgehead atoms. The van der Waals surface area contributed by atoms with Crippen molar-refractivity contribution in [2.45, 2.75) is 102 Å².